The first-order valence-electron chi connectivity index (χ1n) is 6.12. The van der Waals surface area contributed by atoms with Gasteiger partial charge in [-0.25, -0.2) is 0 Å². The van der Waals surface area contributed by atoms with Crippen LogP contribution in [0, 0.1) is 24.0 Å². The van der Waals surface area contributed by atoms with Crippen molar-refractivity contribution in [3.8, 4) is 0 Å². The number of hydrogen-bond acceptors (Lipinski definition) is 3. The first-order chi connectivity index (χ1) is 9.09. The van der Waals surface area contributed by atoms with E-state index in [2.05, 4.69) is 5.32 Å². The molecule has 0 saturated carbocycles. The molecule has 2 aromatic rings. The van der Waals surface area contributed by atoms with Crippen molar-refractivity contribution in [3.05, 3.63) is 69.3 Å². The standard InChI is InChI=1S/C15H16N2O2/c1-11-6-3-4-8-14(11)16-10-13-7-5-9-15(12(13)2)17(18)19/h3-9,16H,10H2,1-2H3. The van der Waals surface area contributed by atoms with Crippen molar-refractivity contribution in [2.24, 2.45) is 0 Å². The summed E-state index contributed by atoms with van der Waals surface area (Å²) < 4.78 is 0. The highest BCUT2D eigenvalue weighted by Crippen LogP contribution is 2.22. The SMILES string of the molecule is Cc1ccccc1NCc1cccc([N+](=O)[O-])c1C. The Morgan fingerprint density at radius 2 is 1.84 bits per heavy atom. The number of aryl methyl sites for hydroxylation is 1. The molecule has 0 amide bonds. The van der Waals surface area contributed by atoms with Crippen LogP contribution in [0.25, 0.3) is 0 Å². The Morgan fingerprint density at radius 1 is 1.11 bits per heavy atom. The largest absolute Gasteiger partial charge is 0.381 e. The molecule has 0 aromatic heterocycles. The summed E-state index contributed by atoms with van der Waals surface area (Å²) >= 11 is 0. The Balaban J connectivity index is 2.19. The van der Waals surface area contributed by atoms with Crippen molar-refractivity contribution in [2.75, 3.05) is 5.32 Å². The van der Waals surface area contributed by atoms with E-state index in [1.165, 1.54) is 6.07 Å². The monoisotopic (exact) mass is 256 g/mol. The predicted octanol–water partition coefficient (Wildman–Crippen LogP) is 3.82. The predicted molar refractivity (Wildman–Crippen MR) is 76.3 cm³/mol. The Kier molecular flexibility index (Phi) is 3.80. The van der Waals surface area contributed by atoms with Gasteiger partial charge in [0.25, 0.3) is 5.69 Å². The Labute approximate surface area is 112 Å². The zero-order valence-corrected chi connectivity index (χ0v) is 11.0. The average molecular weight is 256 g/mol. The van der Waals surface area contributed by atoms with Gasteiger partial charge in [0.15, 0.2) is 0 Å². The van der Waals surface area contributed by atoms with Gasteiger partial charge < -0.3 is 5.32 Å². The van der Waals surface area contributed by atoms with Crippen LogP contribution in [0.2, 0.25) is 0 Å². The van der Waals surface area contributed by atoms with Crippen molar-refractivity contribution < 1.29 is 4.92 Å². The molecule has 0 aliphatic rings. The molecule has 1 N–H and O–H groups in total. The fourth-order valence-electron chi connectivity index (χ4n) is 2.02. The first-order valence-corrected chi connectivity index (χ1v) is 6.12. The van der Waals surface area contributed by atoms with Crippen LogP contribution in [0.1, 0.15) is 16.7 Å². The van der Waals surface area contributed by atoms with E-state index in [9.17, 15) is 10.1 Å². The van der Waals surface area contributed by atoms with Crippen LogP contribution in [0.4, 0.5) is 11.4 Å². The molecule has 0 aliphatic carbocycles. The Morgan fingerprint density at radius 3 is 2.53 bits per heavy atom. The van der Waals surface area contributed by atoms with Crippen LogP contribution in [-0.2, 0) is 6.54 Å². The number of rotatable bonds is 4. The van der Waals surface area contributed by atoms with Gasteiger partial charge in [0.2, 0.25) is 0 Å². The van der Waals surface area contributed by atoms with Gasteiger partial charge in [-0.2, -0.15) is 0 Å². The minimum atomic E-state index is -0.341. The number of nitro groups is 1. The van der Waals surface area contributed by atoms with Crippen LogP contribution in [-0.4, -0.2) is 4.92 Å². The molecule has 0 aliphatic heterocycles. The molecule has 4 heteroatoms. The van der Waals surface area contributed by atoms with E-state index in [0.717, 1.165) is 16.8 Å². The zero-order valence-electron chi connectivity index (χ0n) is 11.0. The lowest BCUT2D eigenvalue weighted by Gasteiger charge is -2.11. The Hall–Kier alpha value is -2.36. The fourth-order valence-corrected chi connectivity index (χ4v) is 2.02. The minimum Gasteiger partial charge on any atom is -0.381 e. The van der Waals surface area contributed by atoms with Crippen molar-refractivity contribution in [3.63, 3.8) is 0 Å². The molecular formula is C15H16N2O2. The first kappa shape index (κ1) is 13.1. The van der Waals surface area contributed by atoms with Gasteiger partial charge >= 0.3 is 0 Å². The molecule has 4 nitrogen and oxygen atoms in total. The highest BCUT2D eigenvalue weighted by atomic mass is 16.6. The highest BCUT2D eigenvalue weighted by molar-refractivity contribution is 5.52. The molecular weight excluding hydrogens is 240 g/mol. The number of nitro benzene ring substituents is 1. The second-order valence-corrected chi connectivity index (χ2v) is 4.49. The maximum Gasteiger partial charge on any atom is 0.272 e. The summed E-state index contributed by atoms with van der Waals surface area (Å²) in [7, 11) is 0. The number of para-hydroxylation sites is 1. The summed E-state index contributed by atoms with van der Waals surface area (Å²) in [5.74, 6) is 0. The number of benzene rings is 2. The van der Waals surface area contributed by atoms with Crippen molar-refractivity contribution >= 4 is 11.4 Å². The van der Waals surface area contributed by atoms with Gasteiger partial charge in [-0.3, -0.25) is 10.1 Å². The van der Waals surface area contributed by atoms with Gasteiger partial charge in [0.1, 0.15) is 0 Å². The zero-order chi connectivity index (χ0) is 13.8. The number of anilines is 1. The second-order valence-electron chi connectivity index (χ2n) is 4.49. The van der Waals surface area contributed by atoms with Gasteiger partial charge in [-0.15, -0.1) is 0 Å². The minimum absolute atomic E-state index is 0.170. The lowest BCUT2D eigenvalue weighted by Crippen LogP contribution is -2.04. The second kappa shape index (κ2) is 5.52. The molecule has 98 valence electrons. The van der Waals surface area contributed by atoms with Crippen molar-refractivity contribution in [1.29, 1.82) is 0 Å². The third kappa shape index (κ3) is 2.91. The van der Waals surface area contributed by atoms with E-state index in [4.69, 9.17) is 0 Å². The van der Waals surface area contributed by atoms with E-state index in [-0.39, 0.29) is 10.6 Å². The summed E-state index contributed by atoms with van der Waals surface area (Å²) in [4.78, 5) is 10.5. The molecule has 2 rings (SSSR count). The lowest BCUT2D eigenvalue weighted by atomic mass is 10.1. The van der Waals surface area contributed by atoms with Gasteiger partial charge in [-0.1, -0.05) is 30.3 Å². The molecule has 19 heavy (non-hydrogen) atoms. The topological polar surface area (TPSA) is 55.2 Å². The number of nitrogens with zero attached hydrogens (tertiary/aromatic N) is 1. The summed E-state index contributed by atoms with van der Waals surface area (Å²) in [6.45, 7) is 4.40. The number of hydrogen-bond donors (Lipinski definition) is 1. The van der Waals surface area contributed by atoms with E-state index < -0.39 is 0 Å². The van der Waals surface area contributed by atoms with E-state index in [1.807, 2.05) is 37.3 Å². The van der Waals surface area contributed by atoms with E-state index >= 15 is 0 Å². The number of nitrogens with one attached hydrogen (secondary N) is 1. The molecule has 0 unspecified atom stereocenters. The molecule has 0 fully saturated rings. The highest BCUT2D eigenvalue weighted by Gasteiger charge is 2.12. The van der Waals surface area contributed by atoms with Crippen LogP contribution in [0.15, 0.2) is 42.5 Å². The van der Waals surface area contributed by atoms with Gasteiger partial charge in [-0.05, 0) is 31.0 Å². The molecule has 0 bridgehead atoms. The van der Waals surface area contributed by atoms with Crippen LogP contribution < -0.4 is 5.32 Å². The van der Waals surface area contributed by atoms with Crippen LogP contribution in [0.5, 0.6) is 0 Å². The molecule has 2 aromatic carbocycles. The molecule has 0 heterocycles. The average Bonchev–Trinajstić information content (AvgIpc) is 2.39. The van der Waals surface area contributed by atoms with E-state index in [1.54, 1.807) is 13.0 Å². The van der Waals surface area contributed by atoms with E-state index in [0.29, 0.717) is 12.1 Å². The molecule has 0 spiro atoms. The Bertz CT molecular complexity index is 609. The fraction of sp³-hybridized carbons (Fsp3) is 0.200. The molecule has 0 atom stereocenters. The van der Waals surface area contributed by atoms with Crippen LogP contribution >= 0.6 is 0 Å². The van der Waals surface area contributed by atoms with Gasteiger partial charge in [0.05, 0.1) is 4.92 Å². The van der Waals surface area contributed by atoms with Crippen molar-refractivity contribution in [1.82, 2.24) is 0 Å². The van der Waals surface area contributed by atoms with Crippen molar-refractivity contribution in [2.45, 2.75) is 20.4 Å². The normalized spacial score (nSPS) is 10.2. The molecule has 0 saturated heterocycles. The third-order valence-corrected chi connectivity index (χ3v) is 3.23. The molecule has 0 radical (unpaired) electrons. The maximum atomic E-state index is 10.9. The quantitative estimate of drug-likeness (QED) is 0.668. The summed E-state index contributed by atoms with van der Waals surface area (Å²) in [5, 5.41) is 14.2. The third-order valence-electron chi connectivity index (χ3n) is 3.23. The summed E-state index contributed by atoms with van der Waals surface area (Å²) in [5.41, 5.74) is 4.04. The summed E-state index contributed by atoms with van der Waals surface area (Å²) in [6.07, 6.45) is 0. The van der Waals surface area contributed by atoms with Crippen LogP contribution in [0.3, 0.4) is 0 Å². The maximum absolute atomic E-state index is 10.9. The lowest BCUT2D eigenvalue weighted by molar-refractivity contribution is -0.385. The smallest absolute Gasteiger partial charge is 0.272 e. The van der Waals surface area contributed by atoms with Gasteiger partial charge in [0, 0.05) is 23.9 Å². The summed E-state index contributed by atoms with van der Waals surface area (Å²) in [6, 6.07) is 13.2.